The fraction of sp³-hybridized carbons (Fsp3) is 0.176. The van der Waals surface area contributed by atoms with Crippen molar-refractivity contribution in [3.05, 3.63) is 47.0 Å². The average molecular weight is 424 g/mol. The predicted molar refractivity (Wildman–Crippen MR) is 97.1 cm³/mol. The van der Waals surface area contributed by atoms with Crippen LogP contribution < -0.4 is 14.3 Å². The Bertz CT molecular complexity index is 1250. The number of methoxy groups -OCH3 is 1. The first-order valence-corrected chi connectivity index (χ1v) is 10.2. The van der Waals surface area contributed by atoms with E-state index in [4.69, 9.17) is 14.2 Å². The molecule has 0 aliphatic carbocycles. The van der Waals surface area contributed by atoms with Crippen molar-refractivity contribution >= 4 is 37.5 Å². The maximum Gasteiger partial charge on any atom is 0.325 e. The van der Waals surface area contributed by atoms with Crippen LogP contribution in [0.5, 0.6) is 11.5 Å². The number of carbonyl (C=O) groups is 1. The number of ether oxygens (including phenoxy) is 3. The first-order valence-electron chi connectivity index (χ1n) is 7.94. The van der Waals surface area contributed by atoms with E-state index in [2.05, 4.69) is 4.40 Å². The summed E-state index contributed by atoms with van der Waals surface area (Å²) in [7, 11) is -2.89. The van der Waals surface area contributed by atoms with Crippen LogP contribution in [0.4, 0.5) is 4.39 Å². The number of fused-ring (bicyclic) bond motifs is 2. The molecule has 0 N–H and O–H groups in total. The van der Waals surface area contributed by atoms with E-state index < -0.39 is 21.8 Å². The molecule has 11 heteroatoms. The molecule has 8 nitrogen and oxygen atoms in total. The zero-order valence-electron chi connectivity index (χ0n) is 14.4. The number of sulfonamides is 1. The summed E-state index contributed by atoms with van der Waals surface area (Å²) in [4.78, 5) is 11.8. The molecule has 0 unspecified atom stereocenters. The Morgan fingerprint density at radius 3 is 2.61 bits per heavy atom. The largest absolute Gasteiger partial charge is 0.468 e. The Morgan fingerprint density at radius 2 is 1.93 bits per heavy atom. The minimum atomic E-state index is -4.12. The standard InChI is InChI=1S/C17H13FN2O6S2/c1-24-16(21)8-20-12-6-13-14(26-9-25-13)7-15(12)27-17(20)19-28(22,23)11-4-2-10(18)3-5-11/h2-7H,8-9H2,1H3/b19-17-. The Labute approximate surface area is 162 Å². The van der Waals surface area contributed by atoms with Gasteiger partial charge in [0.1, 0.15) is 12.4 Å². The lowest BCUT2D eigenvalue weighted by Gasteiger charge is -2.04. The van der Waals surface area contributed by atoms with E-state index in [0.717, 1.165) is 35.6 Å². The van der Waals surface area contributed by atoms with Gasteiger partial charge in [-0.1, -0.05) is 11.3 Å². The van der Waals surface area contributed by atoms with Crippen LogP contribution in [-0.2, 0) is 26.1 Å². The third-order valence-electron chi connectivity index (χ3n) is 4.00. The van der Waals surface area contributed by atoms with Gasteiger partial charge in [-0.25, -0.2) is 4.39 Å². The van der Waals surface area contributed by atoms with Crippen LogP contribution in [0.1, 0.15) is 0 Å². The lowest BCUT2D eigenvalue weighted by atomic mass is 10.3. The molecule has 0 spiro atoms. The molecule has 28 heavy (non-hydrogen) atoms. The smallest absolute Gasteiger partial charge is 0.325 e. The molecular weight excluding hydrogens is 411 g/mol. The Kier molecular flexibility index (Phi) is 4.55. The van der Waals surface area contributed by atoms with Gasteiger partial charge in [0.25, 0.3) is 10.0 Å². The van der Waals surface area contributed by atoms with E-state index in [-0.39, 0.29) is 23.0 Å². The molecule has 0 fully saturated rings. The van der Waals surface area contributed by atoms with Gasteiger partial charge in [0.15, 0.2) is 11.5 Å². The van der Waals surface area contributed by atoms with Crippen molar-refractivity contribution in [2.75, 3.05) is 13.9 Å². The summed E-state index contributed by atoms with van der Waals surface area (Å²) < 4.78 is 59.7. The van der Waals surface area contributed by atoms with Gasteiger partial charge < -0.3 is 18.8 Å². The summed E-state index contributed by atoms with van der Waals surface area (Å²) in [6.45, 7) is -0.159. The van der Waals surface area contributed by atoms with Gasteiger partial charge in [0, 0.05) is 12.1 Å². The van der Waals surface area contributed by atoms with Crippen LogP contribution >= 0.6 is 11.3 Å². The van der Waals surface area contributed by atoms with Crippen LogP contribution in [0.2, 0.25) is 0 Å². The highest BCUT2D eigenvalue weighted by Crippen LogP contribution is 2.37. The van der Waals surface area contributed by atoms with Gasteiger partial charge in [-0.15, -0.1) is 4.40 Å². The minimum absolute atomic E-state index is 0.0633. The van der Waals surface area contributed by atoms with E-state index >= 15 is 0 Å². The van der Waals surface area contributed by atoms with Gasteiger partial charge in [0.05, 0.1) is 22.2 Å². The first kappa shape index (κ1) is 18.4. The summed E-state index contributed by atoms with van der Waals surface area (Å²) in [5.41, 5.74) is 0.549. The van der Waals surface area contributed by atoms with E-state index in [1.807, 2.05) is 0 Å². The topological polar surface area (TPSA) is 96.2 Å². The third kappa shape index (κ3) is 3.34. The molecule has 0 bridgehead atoms. The van der Waals surface area contributed by atoms with Crippen LogP contribution in [0.25, 0.3) is 10.2 Å². The van der Waals surface area contributed by atoms with Gasteiger partial charge in [-0.3, -0.25) is 4.79 Å². The third-order valence-corrected chi connectivity index (χ3v) is 6.44. The number of benzene rings is 2. The minimum Gasteiger partial charge on any atom is -0.468 e. The number of rotatable bonds is 4. The van der Waals surface area contributed by atoms with Crippen molar-refractivity contribution < 1.29 is 31.8 Å². The maximum atomic E-state index is 13.1. The Morgan fingerprint density at radius 1 is 1.25 bits per heavy atom. The van der Waals surface area contributed by atoms with Crippen LogP contribution in [0.15, 0.2) is 45.7 Å². The van der Waals surface area contributed by atoms with Crippen molar-refractivity contribution in [1.29, 1.82) is 0 Å². The zero-order chi connectivity index (χ0) is 19.9. The Hall–Kier alpha value is -2.92. The van der Waals surface area contributed by atoms with Gasteiger partial charge in [-0.2, -0.15) is 8.42 Å². The molecule has 1 aliphatic heterocycles. The number of thiazole rings is 1. The van der Waals surface area contributed by atoms with E-state index in [1.165, 1.54) is 11.7 Å². The average Bonchev–Trinajstić information content (AvgIpc) is 3.24. The lowest BCUT2D eigenvalue weighted by molar-refractivity contribution is -0.141. The normalized spacial score (nSPS) is 13.9. The van der Waals surface area contributed by atoms with Crippen LogP contribution in [0, 0.1) is 5.82 Å². The molecule has 0 saturated carbocycles. The lowest BCUT2D eigenvalue weighted by Crippen LogP contribution is -2.22. The number of halogens is 1. The molecule has 0 radical (unpaired) electrons. The summed E-state index contributed by atoms with van der Waals surface area (Å²) in [6.07, 6.45) is 0. The second kappa shape index (κ2) is 6.91. The number of hydrogen-bond acceptors (Lipinski definition) is 7. The van der Waals surface area contributed by atoms with E-state index in [9.17, 15) is 17.6 Å². The number of carbonyl (C=O) groups excluding carboxylic acids is 1. The maximum absolute atomic E-state index is 13.1. The Balaban J connectivity index is 1.92. The fourth-order valence-electron chi connectivity index (χ4n) is 2.64. The fourth-order valence-corrected chi connectivity index (χ4v) is 4.88. The highest BCUT2D eigenvalue weighted by Gasteiger charge is 2.20. The van der Waals surface area contributed by atoms with Crippen molar-refractivity contribution in [1.82, 2.24) is 4.57 Å². The molecule has 0 saturated heterocycles. The van der Waals surface area contributed by atoms with Crippen molar-refractivity contribution in [2.24, 2.45) is 4.40 Å². The quantitative estimate of drug-likeness (QED) is 0.595. The summed E-state index contributed by atoms with van der Waals surface area (Å²) in [5.74, 6) is -0.127. The molecule has 0 atom stereocenters. The van der Waals surface area contributed by atoms with E-state index in [0.29, 0.717) is 21.7 Å². The second-order valence-corrected chi connectivity index (χ2v) is 8.35. The number of aromatic nitrogens is 1. The van der Waals surface area contributed by atoms with E-state index in [1.54, 1.807) is 12.1 Å². The van der Waals surface area contributed by atoms with Gasteiger partial charge >= 0.3 is 5.97 Å². The number of hydrogen-bond donors (Lipinski definition) is 0. The van der Waals surface area contributed by atoms with Crippen molar-refractivity contribution in [3.63, 3.8) is 0 Å². The molecule has 2 heterocycles. The molecule has 146 valence electrons. The summed E-state index contributed by atoms with van der Waals surface area (Å²) in [5, 5.41) is 0. The van der Waals surface area contributed by atoms with Crippen molar-refractivity contribution in [2.45, 2.75) is 11.4 Å². The molecular formula is C17H13FN2O6S2. The SMILES string of the molecule is COC(=O)Cn1/c(=N/S(=O)(=O)c2ccc(F)cc2)sc2cc3c(cc21)OCO3. The van der Waals surface area contributed by atoms with Gasteiger partial charge in [0.2, 0.25) is 11.6 Å². The highest BCUT2D eigenvalue weighted by atomic mass is 32.2. The van der Waals surface area contributed by atoms with Crippen LogP contribution in [-0.4, -0.2) is 32.9 Å². The van der Waals surface area contributed by atoms with Crippen molar-refractivity contribution in [3.8, 4) is 11.5 Å². The number of nitrogens with zero attached hydrogens (tertiary/aromatic N) is 2. The molecule has 0 amide bonds. The second-order valence-electron chi connectivity index (χ2n) is 5.74. The molecule has 2 aromatic carbocycles. The van der Waals surface area contributed by atoms with Crippen LogP contribution in [0.3, 0.4) is 0 Å². The molecule has 4 rings (SSSR count). The summed E-state index contributed by atoms with van der Waals surface area (Å²) >= 11 is 1.07. The molecule has 1 aliphatic rings. The number of esters is 1. The molecule has 3 aromatic rings. The monoisotopic (exact) mass is 424 g/mol. The summed E-state index contributed by atoms with van der Waals surface area (Å²) in [6, 6.07) is 7.68. The molecule has 1 aromatic heterocycles. The highest BCUT2D eigenvalue weighted by molar-refractivity contribution is 7.90. The predicted octanol–water partition coefficient (Wildman–Crippen LogP) is 2.03. The first-order chi connectivity index (χ1) is 13.4. The zero-order valence-corrected chi connectivity index (χ0v) is 16.0. The van der Waals surface area contributed by atoms with Gasteiger partial charge in [-0.05, 0) is 24.3 Å².